The summed E-state index contributed by atoms with van der Waals surface area (Å²) in [6.45, 7) is 11.0. The molecule has 4 heterocycles. The second-order valence-corrected chi connectivity index (χ2v) is 36.9. The first-order valence-electron chi connectivity index (χ1n) is 47.2. The summed E-state index contributed by atoms with van der Waals surface area (Å²) in [6.07, 6.45) is 6.42. The van der Waals surface area contributed by atoms with Crippen LogP contribution in [0.15, 0.2) is 23.4 Å². The molecule has 4 aliphatic heterocycles. The van der Waals surface area contributed by atoms with E-state index in [0.29, 0.717) is 142 Å². The Bertz CT molecular complexity index is 3190. The number of nitrogens with two attached hydrogens (primary N) is 1. The van der Waals surface area contributed by atoms with Gasteiger partial charge in [-0.1, -0.05) is 63.5 Å². The van der Waals surface area contributed by atoms with Gasteiger partial charge in [-0.05, 0) is 121 Å². The fraction of sp³-hybridized carbons (Fsp3) is 0.844. The first kappa shape index (κ1) is 115. The van der Waals surface area contributed by atoms with Crippen LogP contribution in [-0.4, -0.2) is 359 Å². The molecule has 0 radical (unpaired) electrons. The Morgan fingerprint density at radius 1 is 0.489 bits per heavy atom. The largest absolute Gasteiger partial charge is 0.429 e. The van der Waals surface area contributed by atoms with Crippen LogP contribution in [0.25, 0.3) is 0 Å². The predicted molar refractivity (Wildman–Crippen MR) is 484 cm³/mol. The maximum Gasteiger partial charge on any atom is 0.429 e. The summed E-state index contributed by atoms with van der Waals surface area (Å²) >= 11 is 0. The Morgan fingerprint density at radius 2 is 0.916 bits per heavy atom. The molecule has 19 N–H and O–H groups in total. The van der Waals surface area contributed by atoms with E-state index in [1.807, 2.05) is 26.8 Å². The van der Waals surface area contributed by atoms with Crippen molar-refractivity contribution in [3.63, 3.8) is 0 Å². The number of piperidine rings is 1. The van der Waals surface area contributed by atoms with E-state index in [0.717, 1.165) is 74.5 Å². The lowest BCUT2D eigenvalue weighted by atomic mass is 9.77. The zero-order valence-corrected chi connectivity index (χ0v) is 79.4. The van der Waals surface area contributed by atoms with E-state index >= 15 is 0 Å². The zero-order valence-electron chi connectivity index (χ0n) is 78.5. The summed E-state index contributed by atoms with van der Waals surface area (Å²) in [6, 6.07) is -3.20. The summed E-state index contributed by atoms with van der Waals surface area (Å²) in [5.74, 6) is -2.75. The molecule has 0 spiro atoms. The van der Waals surface area contributed by atoms with E-state index in [4.69, 9.17) is 72.3 Å². The maximum atomic E-state index is 14.7. The van der Waals surface area contributed by atoms with Crippen molar-refractivity contribution in [3.05, 3.63) is 23.4 Å². The minimum absolute atomic E-state index is 0.0753. The van der Waals surface area contributed by atoms with Crippen LogP contribution >= 0.6 is 8.00 Å². The molecule has 18 atom stereocenters. The van der Waals surface area contributed by atoms with Gasteiger partial charge in [-0.3, -0.25) is 38.4 Å². The minimum Gasteiger partial charge on any atom is -0.402 e. The molecular weight excluding hydrogens is 1730 g/mol. The van der Waals surface area contributed by atoms with Gasteiger partial charge in [0, 0.05) is 130 Å². The van der Waals surface area contributed by atoms with Gasteiger partial charge in [0.25, 0.3) is 0 Å². The monoisotopic (exact) mass is 1890 g/mol. The Hall–Kier alpha value is -6.00. The maximum absolute atomic E-state index is 14.7. The molecule has 754 valence electrons. The van der Waals surface area contributed by atoms with Crippen molar-refractivity contribution >= 4 is 66.3 Å². The number of likely N-dealkylation sites (tertiary alicyclic amines) is 1. The van der Waals surface area contributed by atoms with Gasteiger partial charge in [0.05, 0.1) is 99.4 Å². The number of rotatable bonds is 66. The van der Waals surface area contributed by atoms with Gasteiger partial charge in [-0.15, -0.1) is 0 Å². The molecule has 0 bridgehead atoms. The third-order valence-corrected chi connectivity index (χ3v) is 25.2. The van der Waals surface area contributed by atoms with Gasteiger partial charge in [0.15, 0.2) is 24.2 Å². The lowest BCUT2D eigenvalue weighted by Crippen LogP contribution is -2.64. The molecule has 1 aliphatic carbocycles. The van der Waals surface area contributed by atoms with E-state index in [1.165, 1.54) is 26.3 Å². The first-order valence-corrected chi connectivity index (χ1v) is 48.4. The highest BCUT2D eigenvalue weighted by molar-refractivity contribution is 7.49. The smallest absolute Gasteiger partial charge is 0.402 e. The molecule has 5 rings (SSSR count). The van der Waals surface area contributed by atoms with Gasteiger partial charge in [-0.2, -0.15) is 9.05 Å². The summed E-state index contributed by atoms with van der Waals surface area (Å²) in [5, 5.41) is 122. The molecule has 4 saturated heterocycles. The van der Waals surface area contributed by atoms with Crippen LogP contribution in [0, 0.1) is 23.2 Å². The van der Waals surface area contributed by atoms with Gasteiger partial charge >= 0.3 is 8.00 Å². The van der Waals surface area contributed by atoms with Crippen molar-refractivity contribution in [2.75, 3.05) is 152 Å². The number of carbonyl (C=O) groups excluding carboxylic acids is 8. The molecule has 0 aromatic carbocycles. The highest BCUT2D eigenvalue weighted by Crippen LogP contribution is 2.36. The Morgan fingerprint density at radius 3 is 1.33 bits per heavy atom. The Balaban J connectivity index is 1.13. The molecule has 1 saturated carbocycles. The fourth-order valence-corrected chi connectivity index (χ4v) is 17.4. The molecule has 41 heteroatoms. The SMILES string of the molecule is CO[P+](OCCCC1CCCC(C(=N)CCCC=CCOCCOCCC(=O)N2CCC(C(=O)NC(COCCC(=O)NCCCCCCOC3OC(CO)C(O)C(O)C3NC(C)=O)(COCCC(=O)NCCCCCCOC3OC(CO)C(O)C(O)C3NC(C)=O)COCCC(=O)NCCCCCCOC3OC(CO)C(O)C(O)C3NC(C)=O)CC2)C(=C(C)N)CC1)=C(C)C. The minimum atomic E-state index is -1.46. The standard InChI is InChI=1S/C90H159N10O30P/c1-60(2)131(118-7)127-47-25-27-65-26-24-28-68(67(31-30-65)61(3)91)69(92)29-16-8-12-20-43-119-52-53-120-51-37-76(110)100-41-32-66(33-42-100)86(117)99-90(57-121-48-34-73(107)93-38-17-9-13-21-44-124-87-77(96-62(4)104)83(114)80(111)70(54-101)128-87,58-122-49-35-74(108)94-39-18-10-14-22-45-125-88-78(97-63(5)105)84(115)81(112)71(55-102)129-88)59-123-50-36-75(109)95-40-19-11-15-23-46-126-89-79(98-64(6)106)85(116)82(113)72(56-103)130-89/h12,20,65-66,68,70-72,77-85,87-89,92,101-103,111-116H,8-11,13-19,21-59,91H2,1-7H3,(H6-,93,94,95,96,97,98,99,104,105,106,107,108,109,117)/p+1. The Labute approximate surface area is 773 Å². The summed E-state index contributed by atoms with van der Waals surface area (Å²) in [5.41, 5.74) is 7.82. The third kappa shape index (κ3) is 44.8. The van der Waals surface area contributed by atoms with Crippen molar-refractivity contribution < 1.29 is 145 Å². The number of unbranched alkanes of at least 4 members (excludes halogenated alkanes) is 10. The van der Waals surface area contributed by atoms with E-state index in [1.54, 1.807) is 12.0 Å². The van der Waals surface area contributed by atoms with Crippen LogP contribution < -0.4 is 43.0 Å². The second kappa shape index (κ2) is 66.5. The molecule has 0 aromatic heterocycles. The van der Waals surface area contributed by atoms with E-state index in [2.05, 4.69) is 43.3 Å². The zero-order chi connectivity index (χ0) is 95.9. The van der Waals surface area contributed by atoms with Crippen molar-refractivity contribution in [2.45, 2.75) is 319 Å². The lowest BCUT2D eigenvalue weighted by Gasteiger charge is -2.42. The van der Waals surface area contributed by atoms with Crippen molar-refractivity contribution in [2.24, 2.45) is 23.5 Å². The number of amides is 8. The Kier molecular flexibility index (Phi) is 58.6. The number of hydrogen-bond acceptors (Lipinski definition) is 32. The average Bonchev–Trinajstić information content (AvgIpc) is 0.814. The van der Waals surface area contributed by atoms with Crippen molar-refractivity contribution in [1.29, 1.82) is 5.41 Å². The summed E-state index contributed by atoms with van der Waals surface area (Å²) in [7, 11) is 0.755. The topological polar surface area (TPSA) is 576 Å². The number of carbonyl (C=O) groups is 8. The first-order chi connectivity index (χ1) is 63.0. The number of ether oxygens (including phenoxy) is 11. The second-order valence-electron chi connectivity index (χ2n) is 34.8. The molecule has 18 unspecified atom stereocenters. The van der Waals surface area contributed by atoms with Crippen LogP contribution in [0.1, 0.15) is 221 Å². The van der Waals surface area contributed by atoms with Crippen LogP contribution in [0.5, 0.6) is 0 Å². The third-order valence-electron chi connectivity index (χ3n) is 23.7. The molecule has 5 aliphatic rings. The highest BCUT2D eigenvalue weighted by atomic mass is 31.1. The van der Waals surface area contributed by atoms with E-state index in [-0.39, 0.29) is 147 Å². The number of allylic oxidation sites excluding steroid dienone is 3. The fourth-order valence-electron chi connectivity index (χ4n) is 16.4. The summed E-state index contributed by atoms with van der Waals surface area (Å²) in [4.78, 5) is 105. The molecule has 131 heavy (non-hydrogen) atoms. The molecule has 0 aromatic rings. The lowest BCUT2D eigenvalue weighted by molar-refractivity contribution is -0.270. The molecular formula is C90H160N10O30P+. The van der Waals surface area contributed by atoms with Gasteiger partial charge in [0.2, 0.25) is 47.3 Å². The van der Waals surface area contributed by atoms with Gasteiger partial charge in [-0.25, -0.2) is 0 Å². The van der Waals surface area contributed by atoms with E-state index in [9.17, 15) is 84.3 Å². The normalized spacial score (nSPS) is 26.0. The number of aliphatic hydroxyl groups excluding tert-OH is 9. The van der Waals surface area contributed by atoms with Crippen LogP contribution in [0.2, 0.25) is 0 Å². The van der Waals surface area contributed by atoms with Crippen molar-refractivity contribution in [3.8, 4) is 0 Å². The number of nitrogens with one attached hydrogen (secondary N) is 8. The molecule has 40 nitrogen and oxygen atoms in total. The highest BCUT2D eigenvalue weighted by Gasteiger charge is 2.49. The van der Waals surface area contributed by atoms with E-state index < -0.39 is 149 Å². The summed E-state index contributed by atoms with van der Waals surface area (Å²) < 4.78 is 76.2. The van der Waals surface area contributed by atoms with Crippen LogP contribution in [0.4, 0.5) is 0 Å². The van der Waals surface area contributed by atoms with Crippen LogP contribution in [-0.2, 0) is 99.5 Å². The number of hydrogen-bond donors (Lipinski definition) is 18. The average molecular weight is 1890 g/mol. The molecule has 5 fully saturated rings. The predicted octanol–water partition coefficient (Wildman–Crippen LogP) is 1.78. The van der Waals surface area contributed by atoms with Gasteiger partial charge < -0.3 is 151 Å². The quantitative estimate of drug-likeness (QED) is 0.0179. The molecule has 8 amide bonds. The number of nitrogens with zero attached hydrogens (tertiary/aromatic N) is 1. The van der Waals surface area contributed by atoms with Crippen molar-refractivity contribution in [1.82, 2.24) is 42.1 Å². The number of aliphatic hydroxyl groups is 9. The van der Waals surface area contributed by atoms with Crippen LogP contribution in [0.3, 0.4) is 0 Å². The van der Waals surface area contributed by atoms with Gasteiger partial charge in [0.1, 0.15) is 85.2 Å².